The molecule has 0 heterocycles. The van der Waals surface area contributed by atoms with Gasteiger partial charge in [0.25, 0.3) is 0 Å². The van der Waals surface area contributed by atoms with E-state index in [0.717, 1.165) is 6.07 Å². The van der Waals surface area contributed by atoms with Crippen molar-refractivity contribution >= 4 is 0 Å². The van der Waals surface area contributed by atoms with Gasteiger partial charge in [-0.3, -0.25) is 0 Å². The Balaban J connectivity index is 1.92. The number of aliphatic hydroxyl groups excluding tert-OH is 1. The number of alkyl halides is 6. The Bertz CT molecular complexity index is 821. The molecule has 0 fully saturated rings. The molecule has 2 aromatic carbocycles. The van der Waals surface area contributed by atoms with E-state index >= 15 is 0 Å². The van der Waals surface area contributed by atoms with Gasteiger partial charge >= 0.3 is 12.5 Å². The Kier molecular flexibility index (Phi) is 8.58. The molecule has 1 atom stereocenters. The van der Waals surface area contributed by atoms with Crippen LogP contribution >= 0.6 is 0 Å². The fraction of sp³-hybridized carbons (Fsp3) is 0.429. The molecule has 4 nitrogen and oxygen atoms in total. The fourth-order valence-electron chi connectivity index (χ4n) is 2.84. The van der Waals surface area contributed by atoms with Crippen LogP contribution in [0.5, 0.6) is 11.5 Å². The Labute approximate surface area is 175 Å². The largest absolute Gasteiger partial charge is 0.573 e. The van der Waals surface area contributed by atoms with E-state index in [4.69, 9.17) is 15.6 Å². The van der Waals surface area contributed by atoms with Crippen LogP contribution in [0.15, 0.2) is 42.5 Å². The van der Waals surface area contributed by atoms with Gasteiger partial charge in [0.2, 0.25) is 0 Å². The summed E-state index contributed by atoms with van der Waals surface area (Å²) in [5.74, 6) is -0.640. The highest BCUT2D eigenvalue weighted by molar-refractivity contribution is 5.39. The van der Waals surface area contributed by atoms with E-state index in [9.17, 15) is 26.3 Å². The monoisotopic (exact) mass is 451 g/mol. The van der Waals surface area contributed by atoms with Crippen LogP contribution in [0.2, 0.25) is 0 Å². The highest BCUT2D eigenvalue weighted by atomic mass is 19.4. The van der Waals surface area contributed by atoms with E-state index in [1.165, 1.54) is 36.4 Å². The first kappa shape index (κ1) is 24.8. The Morgan fingerprint density at radius 1 is 0.903 bits per heavy atom. The van der Waals surface area contributed by atoms with Crippen molar-refractivity contribution in [1.82, 2.24) is 0 Å². The van der Waals surface area contributed by atoms with Crippen LogP contribution in [0.1, 0.15) is 29.5 Å². The van der Waals surface area contributed by atoms with Crippen molar-refractivity contribution in [3.8, 4) is 11.5 Å². The number of hydrogen-bond acceptors (Lipinski definition) is 4. The Hall–Kier alpha value is -2.46. The third-order valence-corrected chi connectivity index (χ3v) is 4.41. The third kappa shape index (κ3) is 8.66. The first-order valence-electron chi connectivity index (χ1n) is 9.52. The third-order valence-electron chi connectivity index (χ3n) is 4.41. The Morgan fingerprint density at radius 2 is 1.55 bits per heavy atom. The summed E-state index contributed by atoms with van der Waals surface area (Å²) < 4.78 is 85.7. The summed E-state index contributed by atoms with van der Waals surface area (Å²) in [7, 11) is 0. The second-order valence-electron chi connectivity index (χ2n) is 6.95. The van der Waals surface area contributed by atoms with Gasteiger partial charge in [-0.2, -0.15) is 13.2 Å². The van der Waals surface area contributed by atoms with E-state index in [1.807, 2.05) is 0 Å². The van der Waals surface area contributed by atoms with Gasteiger partial charge in [0.1, 0.15) is 11.5 Å². The molecule has 0 radical (unpaired) electrons. The average molecular weight is 451 g/mol. The predicted octanol–water partition coefficient (Wildman–Crippen LogP) is 4.87. The summed E-state index contributed by atoms with van der Waals surface area (Å²) in [6.45, 7) is -0.246. The summed E-state index contributed by atoms with van der Waals surface area (Å²) in [6.07, 6.45) is -7.96. The van der Waals surface area contributed by atoms with Gasteiger partial charge in [0.15, 0.2) is 0 Å². The lowest BCUT2D eigenvalue weighted by Gasteiger charge is -2.16. The van der Waals surface area contributed by atoms with Crippen molar-refractivity contribution in [3.05, 3.63) is 59.2 Å². The average Bonchev–Trinajstić information content (AvgIpc) is 2.69. The van der Waals surface area contributed by atoms with Crippen LogP contribution in [0.25, 0.3) is 0 Å². The minimum Gasteiger partial charge on any atom is -0.493 e. The minimum absolute atomic E-state index is 0.00137. The maximum atomic E-state index is 13.4. The van der Waals surface area contributed by atoms with E-state index in [1.54, 1.807) is 0 Å². The minimum atomic E-state index is -4.77. The standard InChI is InChI=1S/C21H23F6NO3/c22-20(23,24)18-12-15(3-7-16(28)13-29)6-10-19(18)30-11-1-2-14-4-8-17(9-5-14)31-21(25,26)27/h4-6,8-10,12,16,29H,1-3,7,11,13,28H2. The molecule has 31 heavy (non-hydrogen) atoms. The SMILES string of the molecule is NC(CO)CCc1ccc(OCCCc2ccc(OC(F)(F)F)cc2)c(C(F)(F)F)c1. The number of benzene rings is 2. The van der Waals surface area contributed by atoms with Crippen molar-refractivity contribution in [2.75, 3.05) is 13.2 Å². The molecule has 2 aromatic rings. The maximum absolute atomic E-state index is 13.4. The number of nitrogens with two attached hydrogens (primary N) is 1. The molecule has 0 saturated heterocycles. The van der Waals surface area contributed by atoms with Crippen LogP contribution in [-0.4, -0.2) is 30.7 Å². The lowest BCUT2D eigenvalue weighted by molar-refractivity contribution is -0.274. The van der Waals surface area contributed by atoms with E-state index in [2.05, 4.69) is 4.74 Å². The lowest BCUT2D eigenvalue weighted by atomic mass is 10.0. The molecule has 0 aliphatic rings. The van der Waals surface area contributed by atoms with Gasteiger partial charge in [-0.15, -0.1) is 13.2 Å². The first-order valence-corrected chi connectivity index (χ1v) is 9.52. The number of hydrogen-bond donors (Lipinski definition) is 2. The summed E-state index contributed by atoms with van der Waals surface area (Å²) in [5.41, 5.74) is 5.83. The van der Waals surface area contributed by atoms with E-state index in [-0.39, 0.29) is 24.7 Å². The number of halogens is 6. The zero-order chi connectivity index (χ0) is 23.1. The molecule has 0 aliphatic carbocycles. The topological polar surface area (TPSA) is 64.7 Å². The fourth-order valence-corrected chi connectivity index (χ4v) is 2.84. The van der Waals surface area contributed by atoms with Crippen LogP contribution in [-0.2, 0) is 19.0 Å². The molecule has 172 valence electrons. The zero-order valence-electron chi connectivity index (χ0n) is 16.5. The van der Waals surface area contributed by atoms with E-state index < -0.39 is 24.1 Å². The summed E-state index contributed by atoms with van der Waals surface area (Å²) in [4.78, 5) is 0. The lowest BCUT2D eigenvalue weighted by Crippen LogP contribution is -2.24. The van der Waals surface area contributed by atoms with Crippen LogP contribution in [0.4, 0.5) is 26.3 Å². The van der Waals surface area contributed by atoms with Crippen molar-refractivity contribution in [1.29, 1.82) is 0 Å². The smallest absolute Gasteiger partial charge is 0.493 e. The Morgan fingerprint density at radius 3 is 2.13 bits per heavy atom. The molecule has 2 rings (SSSR count). The first-order chi connectivity index (χ1) is 14.5. The van der Waals surface area contributed by atoms with Gasteiger partial charge in [-0.1, -0.05) is 18.2 Å². The molecule has 0 amide bonds. The van der Waals surface area contributed by atoms with Crippen molar-refractivity contribution in [2.45, 2.75) is 44.3 Å². The summed E-state index contributed by atoms with van der Waals surface area (Å²) >= 11 is 0. The molecule has 0 aliphatic heterocycles. The molecule has 0 saturated carbocycles. The highest BCUT2D eigenvalue weighted by Crippen LogP contribution is 2.37. The number of aryl methyl sites for hydroxylation is 2. The van der Waals surface area contributed by atoms with Gasteiger partial charge < -0.3 is 20.3 Å². The van der Waals surface area contributed by atoms with E-state index in [0.29, 0.717) is 36.8 Å². The van der Waals surface area contributed by atoms with Crippen molar-refractivity contribution in [2.24, 2.45) is 5.73 Å². The molecule has 10 heteroatoms. The van der Waals surface area contributed by atoms with Gasteiger partial charge in [-0.25, -0.2) is 0 Å². The number of rotatable bonds is 10. The van der Waals surface area contributed by atoms with Gasteiger partial charge in [0.05, 0.1) is 18.8 Å². The second kappa shape index (κ2) is 10.7. The maximum Gasteiger partial charge on any atom is 0.573 e. The quantitative estimate of drug-likeness (QED) is 0.400. The normalized spacial score (nSPS) is 13.2. The summed E-state index contributed by atoms with van der Waals surface area (Å²) in [6, 6.07) is 8.54. The molecular weight excluding hydrogens is 428 g/mol. The number of ether oxygens (including phenoxy) is 2. The van der Waals surface area contributed by atoms with Crippen LogP contribution < -0.4 is 15.2 Å². The number of aliphatic hydroxyl groups is 1. The molecular formula is C21H23F6NO3. The van der Waals surface area contributed by atoms with Crippen LogP contribution in [0.3, 0.4) is 0 Å². The predicted molar refractivity (Wildman–Crippen MR) is 102 cm³/mol. The molecule has 3 N–H and O–H groups in total. The van der Waals surface area contributed by atoms with Gasteiger partial charge in [-0.05, 0) is 61.1 Å². The molecule has 0 aromatic heterocycles. The van der Waals surface area contributed by atoms with Crippen LogP contribution in [0, 0.1) is 0 Å². The second-order valence-corrected chi connectivity index (χ2v) is 6.95. The highest BCUT2D eigenvalue weighted by Gasteiger charge is 2.34. The molecule has 1 unspecified atom stereocenters. The zero-order valence-corrected chi connectivity index (χ0v) is 16.5. The van der Waals surface area contributed by atoms with Gasteiger partial charge in [0, 0.05) is 6.04 Å². The summed E-state index contributed by atoms with van der Waals surface area (Å²) in [5, 5.41) is 8.93. The molecule has 0 spiro atoms. The van der Waals surface area contributed by atoms with Crippen molar-refractivity contribution in [3.63, 3.8) is 0 Å². The molecule has 0 bridgehead atoms. The van der Waals surface area contributed by atoms with Crippen molar-refractivity contribution < 1.29 is 40.9 Å².